The normalized spacial score (nSPS) is 21.0. The number of piperidine rings is 1. The van der Waals surface area contributed by atoms with Gasteiger partial charge in [0.1, 0.15) is 5.76 Å². The van der Waals surface area contributed by atoms with Gasteiger partial charge in [-0.15, -0.1) is 24.0 Å². The van der Waals surface area contributed by atoms with Crippen LogP contribution in [-0.4, -0.2) is 48.6 Å². The summed E-state index contributed by atoms with van der Waals surface area (Å²) in [5.41, 5.74) is 0. The molecule has 1 aliphatic carbocycles. The zero-order chi connectivity index (χ0) is 18.2. The predicted molar refractivity (Wildman–Crippen MR) is 123 cm³/mol. The van der Waals surface area contributed by atoms with E-state index in [1.54, 1.807) is 6.26 Å². The van der Waals surface area contributed by atoms with E-state index in [1.165, 1.54) is 51.6 Å². The topological polar surface area (TPSA) is 52.8 Å². The fourth-order valence-corrected chi connectivity index (χ4v) is 4.07. The van der Waals surface area contributed by atoms with Gasteiger partial charge >= 0.3 is 0 Å². The Morgan fingerprint density at radius 3 is 2.63 bits per heavy atom. The third-order valence-corrected chi connectivity index (χ3v) is 5.92. The molecule has 2 fully saturated rings. The van der Waals surface area contributed by atoms with Crippen LogP contribution in [0.1, 0.15) is 64.6 Å². The molecule has 1 saturated heterocycles. The van der Waals surface area contributed by atoms with Crippen LogP contribution >= 0.6 is 24.0 Å². The Balaban J connectivity index is 0.00000261. The molecule has 0 bridgehead atoms. The number of aliphatic imine (C=N–C) groups is 1. The highest BCUT2D eigenvalue weighted by Crippen LogP contribution is 2.26. The van der Waals surface area contributed by atoms with Crippen LogP contribution < -0.4 is 10.6 Å². The van der Waals surface area contributed by atoms with Crippen LogP contribution in [0.5, 0.6) is 0 Å². The van der Waals surface area contributed by atoms with Crippen molar-refractivity contribution in [2.24, 2.45) is 4.99 Å². The van der Waals surface area contributed by atoms with Crippen LogP contribution in [0.4, 0.5) is 0 Å². The maximum atomic E-state index is 5.41. The largest absolute Gasteiger partial charge is 0.469 e. The van der Waals surface area contributed by atoms with E-state index in [1.807, 2.05) is 12.1 Å². The van der Waals surface area contributed by atoms with Crippen molar-refractivity contribution >= 4 is 29.9 Å². The van der Waals surface area contributed by atoms with Gasteiger partial charge < -0.3 is 20.0 Å². The smallest absolute Gasteiger partial charge is 0.191 e. The number of hydrogen-bond acceptors (Lipinski definition) is 3. The third-order valence-electron chi connectivity index (χ3n) is 5.92. The molecule has 1 saturated carbocycles. The van der Waals surface area contributed by atoms with Gasteiger partial charge in [0.2, 0.25) is 0 Å². The van der Waals surface area contributed by atoms with E-state index in [4.69, 9.17) is 9.41 Å². The second-order valence-electron chi connectivity index (χ2n) is 7.91. The van der Waals surface area contributed by atoms with E-state index >= 15 is 0 Å². The molecule has 1 aromatic rings. The van der Waals surface area contributed by atoms with Crippen LogP contribution in [0, 0.1) is 0 Å². The minimum Gasteiger partial charge on any atom is -0.469 e. The van der Waals surface area contributed by atoms with Crippen LogP contribution in [-0.2, 0) is 6.42 Å². The van der Waals surface area contributed by atoms with Crippen LogP contribution in [0.15, 0.2) is 27.8 Å². The first kappa shape index (κ1) is 22.5. The van der Waals surface area contributed by atoms with Gasteiger partial charge in [-0.2, -0.15) is 0 Å². The fraction of sp³-hybridized carbons (Fsp3) is 0.762. The molecule has 0 aromatic carbocycles. The molecule has 2 aliphatic rings. The first-order chi connectivity index (χ1) is 12.7. The Kier molecular flexibility index (Phi) is 9.96. The van der Waals surface area contributed by atoms with Crippen molar-refractivity contribution in [1.82, 2.24) is 15.5 Å². The number of likely N-dealkylation sites (tertiary alicyclic amines) is 1. The zero-order valence-electron chi connectivity index (χ0n) is 17.0. The second-order valence-corrected chi connectivity index (χ2v) is 7.91. The van der Waals surface area contributed by atoms with Gasteiger partial charge in [0.25, 0.3) is 0 Å². The van der Waals surface area contributed by atoms with E-state index in [0.717, 1.165) is 37.1 Å². The van der Waals surface area contributed by atoms with E-state index < -0.39 is 0 Å². The highest BCUT2D eigenvalue weighted by Gasteiger charge is 2.27. The van der Waals surface area contributed by atoms with Crippen LogP contribution in [0.25, 0.3) is 0 Å². The van der Waals surface area contributed by atoms with Gasteiger partial charge in [-0.3, -0.25) is 4.99 Å². The number of rotatable bonds is 7. The maximum absolute atomic E-state index is 5.41. The Labute approximate surface area is 181 Å². The lowest BCUT2D eigenvalue weighted by atomic mass is 10.0. The fourth-order valence-electron chi connectivity index (χ4n) is 4.07. The summed E-state index contributed by atoms with van der Waals surface area (Å²) in [6.07, 6.45) is 11.8. The lowest BCUT2D eigenvalue weighted by Crippen LogP contribution is -2.51. The molecular weight excluding hydrogens is 451 g/mol. The minimum absolute atomic E-state index is 0. The number of hydrogen-bond donors (Lipinski definition) is 2. The number of nitrogens with one attached hydrogen (secondary N) is 2. The van der Waals surface area contributed by atoms with Crippen LogP contribution in [0.3, 0.4) is 0 Å². The standard InChI is InChI=1S/C21H36N4O.HI/c1-3-17(2)23-21(22-13-10-20-9-6-16-26-20)24-18-11-14-25(15-12-18)19-7-4-5-8-19;/h6,9,16-19H,3-5,7-8,10-15H2,1-2H3,(H2,22,23,24);1H. The molecule has 0 amide bonds. The quantitative estimate of drug-likeness (QED) is 0.344. The van der Waals surface area contributed by atoms with Crippen molar-refractivity contribution in [3.8, 4) is 0 Å². The van der Waals surface area contributed by atoms with Crippen molar-refractivity contribution in [2.75, 3.05) is 19.6 Å². The molecule has 6 heteroatoms. The minimum atomic E-state index is 0. The predicted octanol–water partition coefficient (Wildman–Crippen LogP) is 4.18. The van der Waals surface area contributed by atoms with E-state index in [2.05, 4.69) is 29.4 Å². The summed E-state index contributed by atoms with van der Waals surface area (Å²) in [5.74, 6) is 1.96. The summed E-state index contributed by atoms with van der Waals surface area (Å²) in [6, 6.07) is 5.78. The summed E-state index contributed by atoms with van der Waals surface area (Å²) in [5, 5.41) is 7.25. The SMILES string of the molecule is CCC(C)NC(=NCCc1ccco1)NC1CCN(C2CCCC2)CC1.I. The van der Waals surface area contributed by atoms with E-state index in [0.29, 0.717) is 12.1 Å². The first-order valence-corrected chi connectivity index (χ1v) is 10.6. The van der Waals surface area contributed by atoms with Crippen molar-refractivity contribution in [3.05, 3.63) is 24.2 Å². The number of halogens is 1. The summed E-state index contributed by atoms with van der Waals surface area (Å²) in [4.78, 5) is 7.52. The molecule has 154 valence electrons. The van der Waals surface area contributed by atoms with Gasteiger partial charge in [-0.25, -0.2) is 0 Å². The molecule has 1 unspecified atom stereocenters. The molecular formula is C21H37IN4O. The summed E-state index contributed by atoms with van der Waals surface area (Å²) in [7, 11) is 0. The lowest BCUT2D eigenvalue weighted by Gasteiger charge is -2.37. The summed E-state index contributed by atoms with van der Waals surface area (Å²) >= 11 is 0. The first-order valence-electron chi connectivity index (χ1n) is 10.6. The molecule has 2 heterocycles. The van der Waals surface area contributed by atoms with Gasteiger partial charge in [0.05, 0.1) is 6.26 Å². The van der Waals surface area contributed by atoms with Crippen molar-refractivity contribution < 1.29 is 4.42 Å². The van der Waals surface area contributed by atoms with Crippen molar-refractivity contribution in [1.29, 1.82) is 0 Å². The molecule has 1 atom stereocenters. The number of nitrogens with zero attached hydrogens (tertiary/aromatic N) is 2. The molecule has 0 radical (unpaired) electrons. The summed E-state index contributed by atoms with van der Waals surface area (Å²) in [6.45, 7) is 7.63. The van der Waals surface area contributed by atoms with Crippen molar-refractivity contribution in [3.63, 3.8) is 0 Å². The average Bonchev–Trinajstić information content (AvgIpc) is 3.36. The molecule has 27 heavy (non-hydrogen) atoms. The Hall–Kier alpha value is -0.760. The molecule has 1 aromatic heterocycles. The Morgan fingerprint density at radius 1 is 1.26 bits per heavy atom. The molecule has 5 nitrogen and oxygen atoms in total. The van der Waals surface area contributed by atoms with Crippen LogP contribution in [0.2, 0.25) is 0 Å². The molecule has 2 N–H and O–H groups in total. The Morgan fingerprint density at radius 2 is 2.00 bits per heavy atom. The number of furan rings is 1. The monoisotopic (exact) mass is 488 g/mol. The van der Waals surface area contributed by atoms with E-state index in [9.17, 15) is 0 Å². The third kappa shape index (κ3) is 7.29. The number of guanidine groups is 1. The van der Waals surface area contributed by atoms with Gasteiger partial charge in [-0.05, 0) is 51.2 Å². The molecule has 0 spiro atoms. The maximum Gasteiger partial charge on any atom is 0.191 e. The van der Waals surface area contributed by atoms with Gasteiger partial charge in [-0.1, -0.05) is 19.8 Å². The zero-order valence-corrected chi connectivity index (χ0v) is 19.3. The van der Waals surface area contributed by atoms with Gasteiger partial charge in [0, 0.05) is 44.2 Å². The molecule has 3 rings (SSSR count). The summed E-state index contributed by atoms with van der Waals surface area (Å²) < 4.78 is 5.41. The average molecular weight is 488 g/mol. The second kappa shape index (κ2) is 11.9. The highest BCUT2D eigenvalue weighted by atomic mass is 127. The van der Waals surface area contributed by atoms with Gasteiger partial charge in [0.15, 0.2) is 5.96 Å². The lowest BCUT2D eigenvalue weighted by molar-refractivity contribution is 0.150. The molecule has 1 aliphatic heterocycles. The Bertz CT molecular complexity index is 534. The highest BCUT2D eigenvalue weighted by molar-refractivity contribution is 14.0. The van der Waals surface area contributed by atoms with E-state index in [-0.39, 0.29) is 24.0 Å². The van der Waals surface area contributed by atoms with Crippen molar-refractivity contribution in [2.45, 2.75) is 83.3 Å².